The molecule has 1 amide bonds. The lowest BCUT2D eigenvalue weighted by atomic mass is 9.85. The quantitative estimate of drug-likeness (QED) is 0.857. The molecule has 1 rings (SSSR count). The Morgan fingerprint density at radius 2 is 2.16 bits per heavy atom. The van der Waals surface area contributed by atoms with Crippen LogP contribution in [0.2, 0.25) is 0 Å². The van der Waals surface area contributed by atoms with E-state index in [2.05, 4.69) is 0 Å². The van der Waals surface area contributed by atoms with Crippen molar-refractivity contribution in [1.29, 1.82) is 0 Å². The summed E-state index contributed by atoms with van der Waals surface area (Å²) >= 11 is 0. The molecule has 3 unspecified atom stereocenters. The van der Waals surface area contributed by atoms with Crippen molar-refractivity contribution in [2.45, 2.75) is 52.3 Å². The number of rotatable bonds is 4. The maximum absolute atomic E-state index is 13.6. The highest BCUT2D eigenvalue weighted by Gasteiger charge is 2.35. The molecule has 2 N–H and O–H groups in total. The molecule has 1 aliphatic rings. The first-order chi connectivity index (χ1) is 8.74. The average molecular weight is 274 g/mol. The predicted octanol–water partition coefficient (Wildman–Crippen LogP) is 2.57. The summed E-state index contributed by atoms with van der Waals surface area (Å²) in [5.41, 5.74) is 5.05. The number of likely N-dealkylation sites (tertiary alicyclic amines) is 1. The average Bonchev–Trinajstić information content (AvgIpc) is 2.72. The molecule has 4 nitrogen and oxygen atoms in total. The zero-order valence-electron chi connectivity index (χ0n) is 12.5. The molecule has 1 heterocycles. The fourth-order valence-corrected chi connectivity index (χ4v) is 2.66. The third-order valence-electron chi connectivity index (χ3n) is 3.57. The van der Waals surface area contributed by atoms with Gasteiger partial charge in [0.25, 0.3) is 0 Å². The van der Waals surface area contributed by atoms with Crippen molar-refractivity contribution < 1.29 is 13.9 Å². The normalized spacial score (nSPS) is 23.3. The number of carbonyl (C=O) groups is 1. The highest BCUT2D eigenvalue weighted by atomic mass is 19.1. The molecule has 0 saturated carbocycles. The molecule has 1 fully saturated rings. The molecule has 0 radical (unpaired) electrons. The van der Waals surface area contributed by atoms with Crippen LogP contribution in [0.5, 0.6) is 0 Å². The van der Waals surface area contributed by atoms with Gasteiger partial charge in [-0.25, -0.2) is 9.18 Å². The highest BCUT2D eigenvalue weighted by Crippen LogP contribution is 2.30. The molecule has 0 aromatic heterocycles. The SMILES string of the molecule is CC(F)C(CCN)C1CCN(C(=O)OC(C)(C)C)C1. The molecule has 3 atom stereocenters. The van der Waals surface area contributed by atoms with Crippen molar-refractivity contribution in [1.82, 2.24) is 4.90 Å². The standard InChI is InChI=1S/C14H27FN2O2/c1-10(15)12(5-7-16)11-6-8-17(9-11)13(18)19-14(2,3)4/h10-12H,5-9,16H2,1-4H3. The number of nitrogens with two attached hydrogens (primary N) is 1. The minimum absolute atomic E-state index is 0.0579. The third kappa shape index (κ3) is 4.97. The summed E-state index contributed by atoms with van der Waals surface area (Å²) in [5.74, 6) is 0.133. The number of hydrogen-bond donors (Lipinski definition) is 1. The van der Waals surface area contributed by atoms with Crippen LogP contribution in [0, 0.1) is 11.8 Å². The molecular weight excluding hydrogens is 247 g/mol. The molecular formula is C14H27FN2O2. The lowest BCUT2D eigenvalue weighted by molar-refractivity contribution is 0.0277. The van der Waals surface area contributed by atoms with E-state index in [9.17, 15) is 9.18 Å². The van der Waals surface area contributed by atoms with E-state index in [1.54, 1.807) is 11.8 Å². The maximum atomic E-state index is 13.6. The minimum atomic E-state index is -0.882. The Morgan fingerprint density at radius 1 is 1.53 bits per heavy atom. The molecule has 19 heavy (non-hydrogen) atoms. The van der Waals surface area contributed by atoms with Gasteiger partial charge in [0, 0.05) is 13.1 Å². The Bertz CT molecular complexity index is 302. The molecule has 5 heteroatoms. The van der Waals surface area contributed by atoms with Crippen LogP contribution in [0.3, 0.4) is 0 Å². The molecule has 0 aromatic rings. The summed E-state index contributed by atoms with van der Waals surface area (Å²) in [5, 5.41) is 0. The predicted molar refractivity (Wildman–Crippen MR) is 73.6 cm³/mol. The van der Waals surface area contributed by atoms with Crippen molar-refractivity contribution in [3.63, 3.8) is 0 Å². The first-order valence-electron chi connectivity index (χ1n) is 7.06. The molecule has 112 valence electrons. The Hall–Kier alpha value is -0.840. The van der Waals surface area contributed by atoms with E-state index in [0.717, 1.165) is 6.42 Å². The Balaban J connectivity index is 2.54. The second-order valence-corrected chi connectivity index (χ2v) is 6.39. The van der Waals surface area contributed by atoms with Gasteiger partial charge in [0.1, 0.15) is 11.8 Å². The number of amides is 1. The summed E-state index contributed by atoms with van der Waals surface area (Å²) in [6.07, 6.45) is 0.322. The fourth-order valence-electron chi connectivity index (χ4n) is 2.66. The van der Waals surface area contributed by atoms with E-state index in [-0.39, 0.29) is 17.9 Å². The maximum Gasteiger partial charge on any atom is 0.410 e. The lowest BCUT2D eigenvalue weighted by Crippen LogP contribution is -2.36. The summed E-state index contributed by atoms with van der Waals surface area (Å²) in [6.45, 7) is 8.83. The van der Waals surface area contributed by atoms with Gasteiger partial charge in [-0.2, -0.15) is 0 Å². The molecule has 1 aliphatic heterocycles. The third-order valence-corrected chi connectivity index (χ3v) is 3.57. The van der Waals surface area contributed by atoms with Crippen LogP contribution in [0.25, 0.3) is 0 Å². The van der Waals surface area contributed by atoms with Gasteiger partial charge in [0.15, 0.2) is 0 Å². The number of halogens is 1. The van der Waals surface area contributed by atoms with Crippen molar-refractivity contribution >= 4 is 6.09 Å². The lowest BCUT2D eigenvalue weighted by Gasteiger charge is -2.26. The van der Waals surface area contributed by atoms with Gasteiger partial charge < -0.3 is 15.4 Å². The minimum Gasteiger partial charge on any atom is -0.444 e. The van der Waals surface area contributed by atoms with Gasteiger partial charge in [-0.1, -0.05) is 0 Å². The fraction of sp³-hybridized carbons (Fsp3) is 0.929. The van der Waals surface area contributed by atoms with Crippen molar-refractivity contribution in [3.8, 4) is 0 Å². The zero-order chi connectivity index (χ0) is 14.6. The number of nitrogens with zero attached hydrogens (tertiary/aromatic N) is 1. The largest absolute Gasteiger partial charge is 0.444 e. The number of carbonyl (C=O) groups excluding carboxylic acids is 1. The van der Waals surface area contributed by atoms with E-state index in [4.69, 9.17) is 10.5 Å². The summed E-state index contributed by atoms with van der Waals surface area (Å²) in [4.78, 5) is 13.6. The Morgan fingerprint density at radius 3 is 2.63 bits per heavy atom. The zero-order valence-corrected chi connectivity index (χ0v) is 12.5. The second-order valence-electron chi connectivity index (χ2n) is 6.39. The van der Waals surface area contributed by atoms with Gasteiger partial charge in [-0.3, -0.25) is 0 Å². The van der Waals surface area contributed by atoms with Gasteiger partial charge >= 0.3 is 6.09 Å². The molecule has 0 spiro atoms. The van der Waals surface area contributed by atoms with Crippen LogP contribution in [0.15, 0.2) is 0 Å². The smallest absolute Gasteiger partial charge is 0.410 e. The van der Waals surface area contributed by atoms with E-state index in [1.165, 1.54) is 0 Å². The summed E-state index contributed by atoms with van der Waals surface area (Å²) in [6, 6.07) is 0. The number of hydrogen-bond acceptors (Lipinski definition) is 3. The summed E-state index contributed by atoms with van der Waals surface area (Å²) in [7, 11) is 0. The van der Waals surface area contributed by atoms with Gasteiger partial charge in [0.2, 0.25) is 0 Å². The van der Waals surface area contributed by atoms with Crippen molar-refractivity contribution in [3.05, 3.63) is 0 Å². The first-order valence-corrected chi connectivity index (χ1v) is 7.06. The van der Waals surface area contributed by atoms with Crippen LogP contribution in [0.1, 0.15) is 40.5 Å². The Kier molecular flexibility index (Phi) is 5.59. The number of ether oxygens (including phenoxy) is 1. The monoisotopic (exact) mass is 274 g/mol. The van der Waals surface area contributed by atoms with E-state index < -0.39 is 11.8 Å². The Labute approximate surface area is 115 Å². The molecule has 0 aromatic carbocycles. The van der Waals surface area contributed by atoms with Crippen LogP contribution < -0.4 is 5.73 Å². The molecule has 0 bridgehead atoms. The first kappa shape index (κ1) is 16.2. The second kappa shape index (κ2) is 6.55. The van der Waals surface area contributed by atoms with E-state index in [0.29, 0.717) is 26.1 Å². The topological polar surface area (TPSA) is 55.6 Å². The van der Waals surface area contributed by atoms with Crippen LogP contribution in [-0.4, -0.2) is 42.4 Å². The van der Waals surface area contributed by atoms with Crippen LogP contribution in [-0.2, 0) is 4.74 Å². The van der Waals surface area contributed by atoms with E-state index >= 15 is 0 Å². The van der Waals surface area contributed by atoms with Crippen LogP contribution in [0.4, 0.5) is 9.18 Å². The van der Waals surface area contributed by atoms with Gasteiger partial charge in [-0.05, 0) is 58.9 Å². The van der Waals surface area contributed by atoms with Crippen LogP contribution >= 0.6 is 0 Å². The van der Waals surface area contributed by atoms with Gasteiger partial charge in [-0.15, -0.1) is 0 Å². The highest BCUT2D eigenvalue weighted by molar-refractivity contribution is 5.68. The molecule has 1 saturated heterocycles. The number of alkyl halides is 1. The van der Waals surface area contributed by atoms with Gasteiger partial charge in [0.05, 0.1) is 0 Å². The van der Waals surface area contributed by atoms with E-state index in [1.807, 2.05) is 20.8 Å². The molecule has 0 aliphatic carbocycles. The summed E-state index contributed by atoms with van der Waals surface area (Å²) < 4.78 is 19.0. The van der Waals surface area contributed by atoms with Crippen molar-refractivity contribution in [2.24, 2.45) is 17.6 Å². The van der Waals surface area contributed by atoms with Crippen molar-refractivity contribution in [2.75, 3.05) is 19.6 Å².